The molecule has 0 radical (unpaired) electrons. The smallest absolute Gasteiger partial charge is 0.269 e. The van der Waals surface area contributed by atoms with Crippen LogP contribution in [0, 0.1) is 27.4 Å². The number of ketones is 1. The minimum atomic E-state index is -1.33. The van der Waals surface area contributed by atoms with Crippen LogP contribution in [0.4, 0.5) is 5.69 Å². The molecule has 0 saturated heterocycles. The minimum absolute atomic E-state index is 0.00786. The Labute approximate surface area is 128 Å². The summed E-state index contributed by atoms with van der Waals surface area (Å²) in [6, 6.07) is 6.11. The maximum absolute atomic E-state index is 12.5. The summed E-state index contributed by atoms with van der Waals surface area (Å²) < 4.78 is 0. The average molecular weight is 301 g/mol. The molecule has 0 spiro atoms. The summed E-state index contributed by atoms with van der Waals surface area (Å²) >= 11 is 0. The van der Waals surface area contributed by atoms with Gasteiger partial charge in [0.05, 0.1) is 4.92 Å². The van der Waals surface area contributed by atoms with Gasteiger partial charge in [-0.1, -0.05) is 13.8 Å². The lowest BCUT2D eigenvalue weighted by atomic mass is 9.42. The number of nitrogens with zero attached hydrogens (tertiary/aromatic N) is 1. The second-order valence-corrected chi connectivity index (χ2v) is 7.09. The van der Waals surface area contributed by atoms with Crippen molar-refractivity contribution < 1.29 is 14.8 Å². The van der Waals surface area contributed by atoms with E-state index in [0.717, 1.165) is 12.0 Å². The second kappa shape index (κ2) is 4.49. The fraction of sp³-hybridized carbons (Fsp3) is 0.471. The van der Waals surface area contributed by atoms with Gasteiger partial charge in [0, 0.05) is 23.6 Å². The highest BCUT2D eigenvalue weighted by Gasteiger charge is 2.65. The summed E-state index contributed by atoms with van der Waals surface area (Å²) in [4.78, 5) is 22.8. The van der Waals surface area contributed by atoms with Gasteiger partial charge in [-0.25, -0.2) is 0 Å². The van der Waals surface area contributed by atoms with Crippen molar-refractivity contribution in [2.24, 2.45) is 17.3 Å². The van der Waals surface area contributed by atoms with E-state index in [1.165, 1.54) is 12.1 Å². The van der Waals surface area contributed by atoms with E-state index >= 15 is 0 Å². The molecule has 1 aromatic rings. The highest BCUT2D eigenvalue weighted by atomic mass is 16.6. The molecule has 5 nitrogen and oxygen atoms in total. The Hall–Kier alpha value is -2.01. The number of fused-ring (bicyclic) bond motifs is 2. The maximum Gasteiger partial charge on any atom is 0.269 e. The van der Waals surface area contributed by atoms with Crippen LogP contribution in [0.5, 0.6) is 0 Å². The summed E-state index contributed by atoms with van der Waals surface area (Å²) in [5, 5.41) is 21.3. The van der Waals surface area contributed by atoms with E-state index in [0.29, 0.717) is 5.57 Å². The SMILES string of the molecule is CC1(O)C(=O)C(=Cc2ccc([N+](=O)[O-])cc2)C2CC1C2(C)C. The number of non-ortho nitro benzene ring substituents is 1. The van der Waals surface area contributed by atoms with Gasteiger partial charge in [0.25, 0.3) is 5.69 Å². The maximum atomic E-state index is 12.5. The number of benzene rings is 1. The largest absolute Gasteiger partial charge is 0.382 e. The lowest BCUT2D eigenvalue weighted by Crippen LogP contribution is -2.65. The number of nitro benzene ring substituents is 1. The molecule has 3 aliphatic carbocycles. The van der Waals surface area contributed by atoms with Crippen molar-refractivity contribution in [3.8, 4) is 0 Å². The van der Waals surface area contributed by atoms with E-state index in [1.54, 1.807) is 25.1 Å². The summed E-state index contributed by atoms with van der Waals surface area (Å²) in [5.41, 5.74) is -0.0417. The Morgan fingerprint density at radius 3 is 2.36 bits per heavy atom. The van der Waals surface area contributed by atoms with Crippen LogP contribution >= 0.6 is 0 Å². The van der Waals surface area contributed by atoms with E-state index in [1.807, 2.05) is 0 Å². The van der Waals surface area contributed by atoms with Crippen molar-refractivity contribution in [1.82, 2.24) is 0 Å². The highest BCUT2D eigenvalue weighted by molar-refractivity contribution is 6.07. The third-order valence-electron chi connectivity index (χ3n) is 5.47. The van der Waals surface area contributed by atoms with Gasteiger partial charge in [0.1, 0.15) is 5.60 Å². The topological polar surface area (TPSA) is 80.4 Å². The molecule has 5 heteroatoms. The van der Waals surface area contributed by atoms with Crippen LogP contribution in [0.15, 0.2) is 29.8 Å². The molecule has 0 amide bonds. The molecule has 3 aliphatic rings. The first-order valence-electron chi connectivity index (χ1n) is 7.39. The zero-order valence-electron chi connectivity index (χ0n) is 12.9. The molecular weight excluding hydrogens is 282 g/mol. The molecule has 4 rings (SSSR count). The lowest BCUT2D eigenvalue weighted by Gasteiger charge is -2.62. The van der Waals surface area contributed by atoms with Crippen molar-refractivity contribution >= 4 is 17.5 Å². The Morgan fingerprint density at radius 2 is 1.86 bits per heavy atom. The molecule has 1 N–H and O–H groups in total. The number of rotatable bonds is 2. The molecule has 1 aromatic carbocycles. The molecular formula is C17H19NO4. The zero-order valence-corrected chi connectivity index (χ0v) is 12.9. The molecule has 116 valence electrons. The number of hydrogen-bond donors (Lipinski definition) is 1. The van der Waals surface area contributed by atoms with E-state index in [4.69, 9.17) is 0 Å². The highest BCUT2D eigenvalue weighted by Crippen LogP contribution is 2.63. The van der Waals surface area contributed by atoms with Gasteiger partial charge < -0.3 is 5.11 Å². The van der Waals surface area contributed by atoms with Crippen LogP contribution in [-0.2, 0) is 4.79 Å². The van der Waals surface area contributed by atoms with Crippen LogP contribution in [0.2, 0.25) is 0 Å². The normalized spacial score (nSPS) is 34.4. The molecule has 3 unspecified atom stereocenters. The molecule has 0 aromatic heterocycles. The monoisotopic (exact) mass is 301 g/mol. The van der Waals surface area contributed by atoms with E-state index in [2.05, 4.69) is 13.8 Å². The van der Waals surface area contributed by atoms with Gasteiger partial charge in [0.2, 0.25) is 0 Å². The van der Waals surface area contributed by atoms with Crippen LogP contribution in [0.25, 0.3) is 6.08 Å². The van der Waals surface area contributed by atoms with Crippen molar-refractivity contribution in [2.45, 2.75) is 32.8 Å². The average Bonchev–Trinajstić information content (AvgIpc) is 2.43. The Bertz CT molecular complexity index is 685. The molecule has 3 saturated carbocycles. The zero-order chi connectivity index (χ0) is 16.3. The van der Waals surface area contributed by atoms with Gasteiger partial charge in [0.15, 0.2) is 5.78 Å². The van der Waals surface area contributed by atoms with E-state index in [9.17, 15) is 20.0 Å². The van der Waals surface area contributed by atoms with Gasteiger partial charge in [-0.05, 0) is 48.4 Å². The molecule has 0 heterocycles. The first-order chi connectivity index (χ1) is 10.2. The van der Waals surface area contributed by atoms with Gasteiger partial charge in [-0.3, -0.25) is 14.9 Å². The van der Waals surface area contributed by atoms with Gasteiger partial charge >= 0.3 is 0 Å². The lowest BCUT2D eigenvalue weighted by molar-refractivity contribution is -0.384. The van der Waals surface area contributed by atoms with Crippen LogP contribution in [-0.4, -0.2) is 21.4 Å². The summed E-state index contributed by atoms with van der Waals surface area (Å²) in [5.74, 6) is -0.0849. The van der Waals surface area contributed by atoms with E-state index in [-0.39, 0.29) is 28.7 Å². The quantitative estimate of drug-likeness (QED) is 0.517. The standard InChI is InChI=1S/C17H19NO4/c1-16(2)13-9-14(16)17(3,20)15(19)12(13)8-10-4-6-11(7-5-10)18(21)22/h4-8,13-14,20H,9H2,1-3H3. The first-order valence-corrected chi connectivity index (χ1v) is 7.39. The molecule has 3 atom stereocenters. The van der Waals surface area contributed by atoms with Crippen molar-refractivity contribution in [2.75, 3.05) is 0 Å². The van der Waals surface area contributed by atoms with Gasteiger partial charge in [-0.2, -0.15) is 0 Å². The van der Waals surface area contributed by atoms with Crippen LogP contribution in [0.1, 0.15) is 32.8 Å². The Kier molecular flexibility index (Phi) is 3.04. The third kappa shape index (κ3) is 1.92. The minimum Gasteiger partial charge on any atom is -0.382 e. The predicted molar refractivity (Wildman–Crippen MR) is 82.1 cm³/mol. The van der Waals surface area contributed by atoms with Gasteiger partial charge in [-0.15, -0.1) is 0 Å². The number of Topliss-reactive ketones (excluding diaryl/α,β-unsaturated/α-hetero) is 1. The Morgan fingerprint density at radius 1 is 1.27 bits per heavy atom. The second-order valence-electron chi connectivity index (χ2n) is 7.09. The van der Waals surface area contributed by atoms with E-state index < -0.39 is 10.5 Å². The molecule has 22 heavy (non-hydrogen) atoms. The third-order valence-corrected chi connectivity index (χ3v) is 5.47. The number of hydrogen-bond acceptors (Lipinski definition) is 4. The van der Waals surface area contributed by atoms with Crippen LogP contribution < -0.4 is 0 Å². The summed E-state index contributed by atoms with van der Waals surface area (Å²) in [7, 11) is 0. The number of nitro groups is 1. The fourth-order valence-electron chi connectivity index (χ4n) is 4.05. The predicted octanol–water partition coefficient (Wildman–Crippen LogP) is 2.97. The first kappa shape index (κ1) is 14.9. The van der Waals surface area contributed by atoms with Crippen LogP contribution in [0.3, 0.4) is 0 Å². The summed E-state index contributed by atoms with van der Waals surface area (Å²) in [6.07, 6.45) is 2.58. The summed E-state index contributed by atoms with van der Waals surface area (Å²) in [6.45, 7) is 5.76. The fourth-order valence-corrected chi connectivity index (χ4v) is 4.05. The van der Waals surface area contributed by atoms with Crippen molar-refractivity contribution in [3.63, 3.8) is 0 Å². The van der Waals surface area contributed by atoms with Crippen molar-refractivity contribution in [3.05, 3.63) is 45.5 Å². The molecule has 2 bridgehead atoms. The van der Waals surface area contributed by atoms with Crippen molar-refractivity contribution in [1.29, 1.82) is 0 Å². The molecule has 3 fully saturated rings. The number of carbonyl (C=O) groups excluding carboxylic acids is 1. The molecule has 0 aliphatic heterocycles. The number of carbonyl (C=O) groups is 1. The number of aliphatic hydroxyl groups is 1. The Balaban J connectivity index is 1.99.